The molecule has 0 bridgehead atoms. The number of nitrogens with zero attached hydrogens (tertiary/aromatic N) is 3. The first-order chi connectivity index (χ1) is 8.24. The van der Waals surface area contributed by atoms with E-state index in [0.29, 0.717) is 24.2 Å². The van der Waals surface area contributed by atoms with E-state index in [1.807, 2.05) is 23.2 Å². The molecule has 1 aromatic heterocycles. The molecule has 2 N–H and O–H groups in total. The van der Waals surface area contributed by atoms with Gasteiger partial charge in [0.25, 0.3) is 0 Å². The Morgan fingerprint density at radius 2 is 2.24 bits per heavy atom. The molecule has 0 spiro atoms. The second-order valence-corrected chi connectivity index (χ2v) is 4.67. The van der Waals surface area contributed by atoms with Crippen molar-refractivity contribution in [3.8, 4) is 0 Å². The van der Waals surface area contributed by atoms with Gasteiger partial charge < -0.3 is 15.5 Å². The van der Waals surface area contributed by atoms with Crippen LogP contribution in [0, 0.1) is 0 Å². The van der Waals surface area contributed by atoms with Crippen LogP contribution in [0.2, 0.25) is 0 Å². The summed E-state index contributed by atoms with van der Waals surface area (Å²) in [5, 5.41) is 0. The molecule has 1 atom stereocenters. The van der Waals surface area contributed by atoms with Crippen LogP contribution >= 0.6 is 0 Å². The lowest BCUT2D eigenvalue weighted by molar-refractivity contribution is -0.129. The van der Waals surface area contributed by atoms with E-state index in [4.69, 9.17) is 5.73 Å². The van der Waals surface area contributed by atoms with Crippen LogP contribution in [0.4, 0.5) is 11.5 Å². The van der Waals surface area contributed by atoms with Crippen LogP contribution in [0.1, 0.15) is 12.8 Å². The van der Waals surface area contributed by atoms with Gasteiger partial charge in [0.1, 0.15) is 5.82 Å². The monoisotopic (exact) mass is 232 g/mol. The van der Waals surface area contributed by atoms with Crippen molar-refractivity contribution in [2.45, 2.75) is 18.9 Å². The van der Waals surface area contributed by atoms with Gasteiger partial charge in [-0.1, -0.05) is 0 Å². The number of aromatic nitrogens is 1. The summed E-state index contributed by atoms with van der Waals surface area (Å²) in [5.74, 6) is 0.855. The molecule has 2 aliphatic rings. The lowest BCUT2D eigenvalue weighted by Crippen LogP contribution is -2.51. The zero-order valence-corrected chi connectivity index (χ0v) is 9.67. The Morgan fingerprint density at radius 1 is 1.35 bits per heavy atom. The van der Waals surface area contributed by atoms with Crippen LogP contribution in [-0.2, 0) is 4.79 Å². The van der Waals surface area contributed by atoms with E-state index in [1.54, 1.807) is 0 Å². The van der Waals surface area contributed by atoms with Gasteiger partial charge in [0.15, 0.2) is 0 Å². The molecule has 0 aromatic carbocycles. The van der Waals surface area contributed by atoms with Gasteiger partial charge in [0.05, 0.1) is 11.9 Å². The number of hydrogen-bond acceptors (Lipinski definition) is 4. The van der Waals surface area contributed by atoms with Gasteiger partial charge in [-0.25, -0.2) is 4.98 Å². The summed E-state index contributed by atoms with van der Waals surface area (Å²) in [7, 11) is 0. The van der Waals surface area contributed by atoms with Crippen LogP contribution in [0.3, 0.4) is 0 Å². The van der Waals surface area contributed by atoms with Crippen LogP contribution in [0.15, 0.2) is 18.3 Å². The fourth-order valence-electron chi connectivity index (χ4n) is 2.68. The lowest BCUT2D eigenvalue weighted by Gasteiger charge is -2.38. The number of piperazine rings is 1. The molecule has 1 amide bonds. The lowest BCUT2D eigenvalue weighted by atomic mass is 10.1. The van der Waals surface area contributed by atoms with Crippen LogP contribution in [0.25, 0.3) is 0 Å². The van der Waals surface area contributed by atoms with Gasteiger partial charge in [-0.2, -0.15) is 0 Å². The van der Waals surface area contributed by atoms with Crippen molar-refractivity contribution in [1.82, 2.24) is 9.88 Å². The molecule has 3 rings (SSSR count). The van der Waals surface area contributed by atoms with Gasteiger partial charge in [-0.3, -0.25) is 4.79 Å². The number of carbonyl (C=O) groups excluding carboxylic acids is 1. The van der Waals surface area contributed by atoms with Crippen molar-refractivity contribution in [2.75, 3.05) is 30.3 Å². The van der Waals surface area contributed by atoms with E-state index in [0.717, 1.165) is 31.7 Å². The number of hydrogen-bond donors (Lipinski definition) is 1. The average molecular weight is 232 g/mol. The van der Waals surface area contributed by atoms with E-state index in [2.05, 4.69) is 9.88 Å². The zero-order valence-electron chi connectivity index (χ0n) is 9.67. The van der Waals surface area contributed by atoms with Gasteiger partial charge in [0.2, 0.25) is 5.91 Å². The van der Waals surface area contributed by atoms with Crippen molar-refractivity contribution in [2.24, 2.45) is 0 Å². The number of rotatable bonds is 1. The molecular formula is C12H16N4O. The Kier molecular flexibility index (Phi) is 2.39. The first-order valence-electron chi connectivity index (χ1n) is 6.00. The molecule has 0 saturated carbocycles. The molecule has 1 unspecified atom stereocenters. The number of pyridine rings is 1. The molecule has 1 aromatic rings. The topological polar surface area (TPSA) is 62.5 Å². The first-order valence-corrected chi connectivity index (χ1v) is 6.00. The molecule has 90 valence electrons. The first kappa shape index (κ1) is 10.4. The maximum absolute atomic E-state index is 11.6. The summed E-state index contributed by atoms with van der Waals surface area (Å²) < 4.78 is 0. The highest BCUT2D eigenvalue weighted by Gasteiger charge is 2.35. The Bertz CT molecular complexity index is 431. The predicted molar refractivity (Wildman–Crippen MR) is 65.6 cm³/mol. The van der Waals surface area contributed by atoms with Crippen molar-refractivity contribution >= 4 is 17.4 Å². The van der Waals surface area contributed by atoms with E-state index in [-0.39, 0.29) is 0 Å². The van der Waals surface area contributed by atoms with E-state index < -0.39 is 0 Å². The highest BCUT2D eigenvalue weighted by molar-refractivity contribution is 5.79. The minimum Gasteiger partial charge on any atom is -0.384 e. The summed E-state index contributed by atoms with van der Waals surface area (Å²) in [6.45, 7) is 2.62. The number of carbonyl (C=O) groups is 1. The maximum atomic E-state index is 11.6. The SMILES string of the molecule is Nc1ccc(N2CCN3C(=O)CCC3C2)cn1. The number of amides is 1. The molecule has 0 aliphatic carbocycles. The highest BCUT2D eigenvalue weighted by atomic mass is 16.2. The van der Waals surface area contributed by atoms with Crippen molar-refractivity contribution in [3.63, 3.8) is 0 Å². The third-order valence-electron chi connectivity index (χ3n) is 3.63. The molecule has 5 nitrogen and oxygen atoms in total. The Morgan fingerprint density at radius 3 is 3.00 bits per heavy atom. The standard InChI is InChI=1S/C12H16N4O/c13-11-3-1-9(7-14-11)15-5-6-16-10(8-15)2-4-12(16)17/h1,3,7,10H,2,4-6,8H2,(H2,13,14). The summed E-state index contributed by atoms with van der Waals surface area (Å²) >= 11 is 0. The van der Waals surface area contributed by atoms with E-state index in [9.17, 15) is 4.79 Å². The van der Waals surface area contributed by atoms with Crippen molar-refractivity contribution < 1.29 is 4.79 Å². The van der Waals surface area contributed by atoms with Gasteiger partial charge in [0, 0.05) is 32.1 Å². The fourth-order valence-corrected chi connectivity index (χ4v) is 2.68. The molecule has 0 radical (unpaired) electrons. The van der Waals surface area contributed by atoms with Gasteiger partial charge in [-0.15, -0.1) is 0 Å². The second kappa shape index (κ2) is 3.91. The minimum absolute atomic E-state index is 0.310. The largest absolute Gasteiger partial charge is 0.384 e. The molecule has 2 saturated heterocycles. The maximum Gasteiger partial charge on any atom is 0.223 e. The average Bonchev–Trinajstić information content (AvgIpc) is 2.72. The van der Waals surface area contributed by atoms with Crippen molar-refractivity contribution in [1.29, 1.82) is 0 Å². The van der Waals surface area contributed by atoms with Gasteiger partial charge in [-0.05, 0) is 18.6 Å². The number of fused-ring (bicyclic) bond motifs is 1. The second-order valence-electron chi connectivity index (χ2n) is 4.67. The van der Waals surface area contributed by atoms with Crippen molar-refractivity contribution in [3.05, 3.63) is 18.3 Å². The normalized spacial score (nSPS) is 24.0. The molecule has 3 heterocycles. The van der Waals surface area contributed by atoms with Gasteiger partial charge >= 0.3 is 0 Å². The number of nitrogen functional groups attached to an aromatic ring is 1. The smallest absolute Gasteiger partial charge is 0.223 e. The summed E-state index contributed by atoms with van der Waals surface area (Å²) in [5.41, 5.74) is 6.67. The van der Waals surface area contributed by atoms with Crippen LogP contribution in [-0.4, -0.2) is 41.5 Å². The van der Waals surface area contributed by atoms with E-state index in [1.165, 1.54) is 0 Å². The molecular weight excluding hydrogens is 216 g/mol. The fraction of sp³-hybridized carbons (Fsp3) is 0.500. The predicted octanol–water partition coefficient (Wildman–Crippen LogP) is 0.475. The summed E-state index contributed by atoms with van der Waals surface area (Å²) in [4.78, 5) is 20.0. The zero-order chi connectivity index (χ0) is 11.8. The molecule has 2 fully saturated rings. The molecule has 5 heteroatoms. The van der Waals surface area contributed by atoms with Crippen LogP contribution in [0.5, 0.6) is 0 Å². The number of nitrogens with two attached hydrogens (primary N) is 1. The minimum atomic E-state index is 0.310. The van der Waals surface area contributed by atoms with E-state index >= 15 is 0 Å². The molecule has 17 heavy (non-hydrogen) atoms. The third kappa shape index (κ3) is 1.81. The molecule has 2 aliphatic heterocycles. The Balaban J connectivity index is 1.75. The Labute approximate surface area is 100 Å². The quantitative estimate of drug-likeness (QED) is 0.764. The highest BCUT2D eigenvalue weighted by Crippen LogP contribution is 2.25. The number of anilines is 2. The third-order valence-corrected chi connectivity index (χ3v) is 3.63. The Hall–Kier alpha value is -1.78. The summed E-state index contributed by atoms with van der Waals surface area (Å²) in [6, 6.07) is 4.20. The van der Waals surface area contributed by atoms with Crippen LogP contribution < -0.4 is 10.6 Å². The summed E-state index contributed by atoms with van der Waals surface area (Å²) in [6.07, 6.45) is 3.50.